The summed E-state index contributed by atoms with van der Waals surface area (Å²) in [5.41, 5.74) is 0.851. The third-order valence-electron chi connectivity index (χ3n) is 3.94. The van der Waals surface area contributed by atoms with Crippen molar-refractivity contribution in [1.29, 1.82) is 0 Å². The van der Waals surface area contributed by atoms with E-state index in [0.717, 1.165) is 31.5 Å². The van der Waals surface area contributed by atoms with Gasteiger partial charge in [-0.15, -0.1) is 11.6 Å². The van der Waals surface area contributed by atoms with Crippen LogP contribution in [-0.2, 0) is 9.84 Å². The van der Waals surface area contributed by atoms with E-state index in [2.05, 4.69) is 4.90 Å². The molecule has 1 aromatic carbocycles. The SMILES string of the molecule is CCS(=O)(=O)c1ccccc1N(CCCCl)C1CCC1. The summed E-state index contributed by atoms with van der Waals surface area (Å²) in [6.07, 6.45) is 4.38. The summed E-state index contributed by atoms with van der Waals surface area (Å²) in [5, 5.41) is 0. The minimum absolute atomic E-state index is 0.137. The molecule has 0 spiro atoms. The maximum atomic E-state index is 12.3. The Bertz CT molecular complexity index is 541. The summed E-state index contributed by atoms with van der Waals surface area (Å²) >= 11 is 5.81. The molecule has 0 amide bonds. The molecule has 0 bridgehead atoms. The molecule has 0 aliphatic heterocycles. The van der Waals surface area contributed by atoms with Crippen LogP contribution < -0.4 is 4.90 Å². The van der Waals surface area contributed by atoms with Crippen LogP contribution in [0, 0.1) is 0 Å². The number of alkyl halides is 1. The van der Waals surface area contributed by atoms with E-state index in [1.54, 1.807) is 19.1 Å². The summed E-state index contributed by atoms with van der Waals surface area (Å²) in [6.45, 7) is 2.52. The number of anilines is 1. The summed E-state index contributed by atoms with van der Waals surface area (Å²) in [7, 11) is -3.19. The Hall–Kier alpha value is -0.740. The summed E-state index contributed by atoms with van der Waals surface area (Å²) in [6, 6.07) is 7.82. The molecule has 0 unspecified atom stereocenters. The molecule has 1 fully saturated rings. The van der Waals surface area contributed by atoms with Gasteiger partial charge in [0.2, 0.25) is 0 Å². The van der Waals surface area contributed by atoms with Gasteiger partial charge >= 0.3 is 0 Å². The van der Waals surface area contributed by atoms with E-state index in [9.17, 15) is 8.42 Å². The predicted molar refractivity (Wildman–Crippen MR) is 84.5 cm³/mol. The van der Waals surface area contributed by atoms with Crippen LogP contribution >= 0.6 is 11.6 Å². The largest absolute Gasteiger partial charge is 0.367 e. The van der Waals surface area contributed by atoms with E-state index in [0.29, 0.717) is 16.8 Å². The van der Waals surface area contributed by atoms with Gasteiger partial charge in [0.15, 0.2) is 9.84 Å². The van der Waals surface area contributed by atoms with Crippen LogP contribution in [-0.4, -0.2) is 32.6 Å². The Morgan fingerprint density at radius 3 is 2.55 bits per heavy atom. The average Bonchev–Trinajstić information content (AvgIpc) is 2.41. The van der Waals surface area contributed by atoms with Gasteiger partial charge in [0, 0.05) is 18.5 Å². The third-order valence-corrected chi connectivity index (χ3v) is 5.98. The van der Waals surface area contributed by atoms with Gasteiger partial charge in [-0.1, -0.05) is 19.1 Å². The molecule has 2 rings (SSSR count). The number of benzene rings is 1. The standard InChI is InChI=1S/C15H22ClNO2S/c1-2-20(18,19)15-10-4-3-9-14(15)17(12-6-11-16)13-7-5-8-13/h3-4,9-10,13H,2,5-8,11-12H2,1H3. The van der Waals surface area contributed by atoms with Crippen LogP contribution in [0.5, 0.6) is 0 Å². The van der Waals surface area contributed by atoms with Crippen molar-refractivity contribution >= 4 is 27.1 Å². The fourth-order valence-corrected chi connectivity index (χ4v) is 3.76. The van der Waals surface area contributed by atoms with E-state index in [1.165, 1.54) is 6.42 Å². The first kappa shape index (κ1) is 15.6. The molecule has 0 radical (unpaired) electrons. The highest BCUT2D eigenvalue weighted by Crippen LogP contribution is 2.34. The van der Waals surface area contributed by atoms with Gasteiger partial charge in [0.05, 0.1) is 16.3 Å². The predicted octanol–water partition coefficient (Wildman–Crippen LogP) is 3.47. The van der Waals surface area contributed by atoms with Gasteiger partial charge in [0.25, 0.3) is 0 Å². The minimum atomic E-state index is -3.19. The molecule has 1 aromatic rings. The lowest BCUT2D eigenvalue weighted by molar-refractivity contribution is 0.384. The summed E-state index contributed by atoms with van der Waals surface area (Å²) < 4.78 is 24.6. The van der Waals surface area contributed by atoms with Crippen molar-refractivity contribution in [2.24, 2.45) is 0 Å². The van der Waals surface area contributed by atoms with Crippen molar-refractivity contribution in [3.63, 3.8) is 0 Å². The van der Waals surface area contributed by atoms with Gasteiger partial charge in [-0.3, -0.25) is 0 Å². The Labute approximate surface area is 126 Å². The van der Waals surface area contributed by atoms with Gasteiger partial charge < -0.3 is 4.90 Å². The van der Waals surface area contributed by atoms with Gasteiger partial charge in [-0.2, -0.15) is 0 Å². The number of sulfone groups is 1. The Balaban J connectivity index is 2.37. The average molecular weight is 316 g/mol. The number of halogens is 1. The first-order valence-corrected chi connectivity index (χ1v) is 9.43. The molecular formula is C15H22ClNO2S. The second kappa shape index (κ2) is 6.81. The number of para-hydroxylation sites is 1. The van der Waals surface area contributed by atoms with Crippen LogP contribution in [0.4, 0.5) is 5.69 Å². The third kappa shape index (κ3) is 3.29. The quantitative estimate of drug-likeness (QED) is 0.723. The fraction of sp³-hybridized carbons (Fsp3) is 0.600. The summed E-state index contributed by atoms with van der Waals surface area (Å²) in [4.78, 5) is 2.71. The Kier molecular flexibility index (Phi) is 5.33. The smallest absolute Gasteiger partial charge is 0.180 e. The molecule has 0 atom stereocenters. The zero-order valence-electron chi connectivity index (χ0n) is 11.9. The van der Waals surface area contributed by atoms with Gasteiger partial charge in [0.1, 0.15) is 0 Å². The van der Waals surface area contributed by atoms with E-state index in [-0.39, 0.29) is 5.75 Å². The lowest BCUT2D eigenvalue weighted by atomic mass is 9.91. The van der Waals surface area contributed by atoms with E-state index < -0.39 is 9.84 Å². The van der Waals surface area contributed by atoms with Crippen molar-refractivity contribution in [1.82, 2.24) is 0 Å². The molecule has 3 nitrogen and oxygen atoms in total. The van der Waals surface area contributed by atoms with Crippen molar-refractivity contribution in [2.75, 3.05) is 23.1 Å². The second-order valence-corrected chi connectivity index (χ2v) is 7.82. The first-order chi connectivity index (χ1) is 9.60. The molecule has 1 aliphatic carbocycles. The highest BCUT2D eigenvalue weighted by atomic mass is 35.5. The fourth-order valence-electron chi connectivity index (χ4n) is 2.54. The zero-order valence-corrected chi connectivity index (χ0v) is 13.5. The monoisotopic (exact) mass is 315 g/mol. The number of hydrogen-bond acceptors (Lipinski definition) is 3. The second-order valence-electron chi connectivity index (χ2n) is 5.19. The molecule has 1 aliphatic rings. The van der Waals surface area contributed by atoms with Crippen LogP contribution in [0.1, 0.15) is 32.6 Å². The molecule has 112 valence electrons. The highest BCUT2D eigenvalue weighted by molar-refractivity contribution is 7.91. The molecule has 1 saturated carbocycles. The number of rotatable bonds is 7. The Morgan fingerprint density at radius 2 is 2.00 bits per heavy atom. The lowest BCUT2D eigenvalue weighted by Crippen LogP contribution is -2.41. The molecule has 0 heterocycles. The van der Waals surface area contributed by atoms with Crippen molar-refractivity contribution in [3.8, 4) is 0 Å². The maximum Gasteiger partial charge on any atom is 0.180 e. The molecule has 0 saturated heterocycles. The molecule has 0 N–H and O–H groups in total. The topological polar surface area (TPSA) is 37.4 Å². The molecule has 5 heteroatoms. The van der Waals surface area contributed by atoms with Crippen LogP contribution in [0.15, 0.2) is 29.2 Å². The molecule has 0 aromatic heterocycles. The lowest BCUT2D eigenvalue weighted by Gasteiger charge is -2.40. The van der Waals surface area contributed by atoms with Crippen LogP contribution in [0.2, 0.25) is 0 Å². The van der Waals surface area contributed by atoms with Gasteiger partial charge in [-0.25, -0.2) is 8.42 Å². The van der Waals surface area contributed by atoms with Crippen molar-refractivity contribution in [3.05, 3.63) is 24.3 Å². The molecular weight excluding hydrogens is 294 g/mol. The van der Waals surface area contributed by atoms with E-state index in [4.69, 9.17) is 11.6 Å². The Morgan fingerprint density at radius 1 is 1.30 bits per heavy atom. The van der Waals surface area contributed by atoms with E-state index in [1.807, 2.05) is 12.1 Å². The normalized spacial score (nSPS) is 15.9. The van der Waals surface area contributed by atoms with Gasteiger partial charge in [-0.05, 0) is 37.8 Å². The van der Waals surface area contributed by atoms with Crippen LogP contribution in [0.3, 0.4) is 0 Å². The number of nitrogens with zero attached hydrogens (tertiary/aromatic N) is 1. The zero-order chi connectivity index (χ0) is 14.6. The van der Waals surface area contributed by atoms with Crippen LogP contribution in [0.25, 0.3) is 0 Å². The highest BCUT2D eigenvalue weighted by Gasteiger charge is 2.28. The van der Waals surface area contributed by atoms with E-state index >= 15 is 0 Å². The van der Waals surface area contributed by atoms with Crippen molar-refractivity contribution in [2.45, 2.75) is 43.5 Å². The van der Waals surface area contributed by atoms with Crippen molar-refractivity contribution < 1.29 is 8.42 Å². The first-order valence-electron chi connectivity index (χ1n) is 7.24. The minimum Gasteiger partial charge on any atom is -0.367 e. The number of hydrogen-bond donors (Lipinski definition) is 0. The molecule has 20 heavy (non-hydrogen) atoms. The maximum absolute atomic E-state index is 12.3. The summed E-state index contributed by atoms with van der Waals surface area (Å²) in [5.74, 6) is 0.740.